The van der Waals surface area contributed by atoms with Crippen LogP contribution in [0.2, 0.25) is 5.02 Å². The normalized spacial score (nSPS) is 12.0. The summed E-state index contributed by atoms with van der Waals surface area (Å²) >= 11 is 6.47. The maximum atomic E-state index is 13.4. The highest BCUT2D eigenvalue weighted by atomic mass is 35.5. The fourth-order valence-corrected chi connectivity index (χ4v) is 4.52. The molecule has 0 bridgehead atoms. The SMILES string of the molecule is NS(=O)CCNCc1ccc(-c2ccc3ncnc(Nc4ccc(OCc5cccc(F)c5)c(Cl)c4)c3c2)o1. The van der Waals surface area contributed by atoms with E-state index in [9.17, 15) is 8.60 Å². The molecule has 0 saturated heterocycles. The van der Waals surface area contributed by atoms with Crippen LogP contribution in [0.1, 0.15) is 11.3 Å². The molecule has 200 valence electrons. The van der Waals surface area contributed by atoms with E-state index in [4.69, 9.17) is 25.9 Å². The predicted octanol–water partition coefficient (Wildman–Crippen LogP) is 5.72. The molecule has 0 aliphatic carbocycles. The molecule has 0 fully saturated rings. The van der Waals surface area contributed by atoms with E-state index in [0.717, 1.165) is 22.2 Å². The van der Waals surface area contributed by atoms with Crippen molar-refractivity contribution >= 4 is 45.0 Å². The molecule has 5 aromatic rings. The number of rotatable bonds is 11. The number of ether oxygens (including phenoxy) is 1. The van der Waals surface area contributed by atoms with Crippen molar-refractivity contribution in [3.63, 3.8) is 0 Å². The van der Waals surface area contributed by atoms with Crippen molar-refractivity contribution in [3.05, 3.63) is 101 Å². The van der Waals surface area contributed by atoms with E-state index in [0.29, 0.717) is 52.4 Å². The molecular weight excluding hydrogens is 541 g/mol. The summed E-state index contributed by atoms with van der Waals surface area (Å²) in [4.78, 5) is 8.81. The van der Waals surface area contributed by atoms with Crippen LogP contribution in [-0.4, -0.2) is 26.5 Å². The molecule has 5 rings (SSSR count). The summed E-state index contributed by atoms with van der Waals surface area (Å²) in [6.45, 7) is 1.23. The summed E-state index contributed by atoms with van der Waals surface area (Å²) in [5, 5.41) is 13.0. The lowest BCUT2D eigenvalue weighted by Crippen LogP contribution is -2.22. The molecular formula is C28H25ClFN5O3S. The largest absolute Gasteiger partial charge is 0.487 e. The zero-order valence-electron chi connectivity index (χ0n) is 20.7. The quantitative estimate of drug-likeness (QED) is 0.175. The Morgan fingerprint density at radius 1 is 1.05 bits per heavy atom. The van der Waals surface area contributed by atoms with Crippen LogP contribution in [-0.2, 0) is 24.1 Å². The van der Waals surface area contributed by atoms with E-state index in [1.165, 1.54) is 18.5 Å². The lowest BCUT2D eigenvalue weighted by atomic mass is 10.1. The highest BCUT2D eigenvalue weighted by Gasteiger charge is 2.11. The predicted molar refractivity (Wildman–Crippen MR) is 152 cm³/mol. The number of nitrogens with zero attached hydrogens (tertiary/aromatic N) is 2. The number of benzene rings is 3. The molecule has 0 spiro atoms. The summed E-state index contributed by atoms with van der Waals surface area (Å²) in [6.07, 6.45) is 1.49. The number of halogens is 2. The van der Waals surface area contributed by atoms with Gasteiger partial charge in [-0.25, -0.2) is 18.6 Å². The second-order valence-corrected chi connectivity index (χ2v) is 10.2. The Morgan fingerprint density at radius 3 is 2.77 bits per heavy atom. The molecule has 2 heterocycles. The summed E-state index contributed by atoms with van der Waals surface area (Å²) in [7, 11) is -1.33. The first-order valence-corrected chi connectivity index (χ1v) is 13.8. The van der Waals surface area contributed by atoms with Crippen molar-refractivity contribution in [3.8, 4) is 17.1 Å². The van der Waals surface area contributed by atoms with Crippen LogP contribution in [0.4, 0.5) is 15.9 Å². The van der Waals surface area contributed by atoms with Crippen molar-refractivity contribution < 1.29 is 17.8 Å². The Morgan fingerprint density at radius 2 is 1.95 bits per heavy atom. The maximum absolute atomic E-state index is 13.4. The monoisotopic (exact) mass is 565 g/mol. The molecule has 1 atom stereocenters. The van der Waals surface area contributed by atoms with Crippen molar-refractivity contribution in [2.75, 3.05) is 17.6 Å². The first-order chi connectivity index (χ1) is 18.9. The van der Waals surface area contributed by atoms with Gasteiger partial charge >= 0.3 is 0 Å². The van der Waals surface area contributed by atoms with Gasteiger partial charge in [0.05, 0.1) is 33.8 Å². The standard InChI is InChI=1S/C28H25ClFN5O3S/c29-24-14-21(5-8-27(24)37-16-18-2-1-3-20(30)12-18)35-28-23-13-19(4-7-25(23)33-17-34-28)26-9-6-22(38-26)15-32-10-11-39(31)36/h1-9,12-14,17,32H,10-11,15-16,31H2,(H,33,34,35). The second kappa shape index (κ2) is 12.4. The summed E-state index contributed by atoms with van der Waals surface area (Å²) in [5.74, 6) is 2.61. The zero-order chi connectivity index (χ0) is 27.2. The number of nitrogens with two attached hydrogens (primary N) is 1. The second-order valence-electron chi connectivity index (χ2n) is 8.67. The van der Waals surface area contributed by atoms with Gasteiger partial charge in [-0.3, -0.25) is 5.14 Å². The number of aromatic nitrogens is 2. The fraction of sp³-hybridized carbons (Fsp3) is 0.143. The van der Waals surface area contributed by atoms with Crippen LogP contribution >= 0.6 is 11.6 Å². The van der Waals surface area contributed by atoms with E-state index in [-0.39, 0.29) is 12.4 Å². The average Bonchev–Trinajstić information content (AvgIpc) is 3.40. The molecule has 0 saturated carbocycles. The molecule has 8 nitrogen and oxygen atoms in total. The summed E-state index contributed by atoms with van der Waals surface area (Å²) in [6, 6.07) is 21.2. The Hall–Kier alpha value is -3.83. The van der Waals surface area contributed by atoms with Crippen LogP contribution in [0, 0.1) is 5.82 Å². The molecule has 39 heavy (non-hydrogen) atoms. The number of nitrogens with one attached hydrogen (secondary N) is 2. The zero-order valence-corrected chi connectivity index (χ0v) is 22.3. The van der Waals surface area contributed by atoms with E-state index in [2.05, 4.69) is 20.6 Å². The molecule has 4 N–H and O–H groups in total. The van der Waals surface area contributed by atoms with E-state index in [1.54, 1.807) is 24.3 Å². The van der Waals surface area contributed by atoms with Gasteiger partial charge in [-0.2, -0.15) is 0 Å². The van der Waals surface area contributed by atoms with Crippen molar-refractivity contribution in [2.24, 2.45) is 5.14 Å². The Kier molecular flexibility index (Phi) is 8.48. The van der Waals surface area contributed by atoms with Gasteiger partial charge in [0.25, 0.3) is 0 Å². The van der Waals surface area contributed by atoms with Crippen LogP contribution in [0.25, 0.3) is 22.2 Å². The third-order valence-electron chi connectivity index (χ3n) is 5.84. The highest BCUT2D eigenvalue weighted by molar-refractivity contribution is 7.82. The lowest BCUT2D eigenvalue weighted by molar-refractivity contribution is 0.306. The molecule has 0 aliphatic heterocycles. The van der Waals surface area contributed by atoms with Crippen LogP contribution < -0.4 is 20.5 Å². The molecule has 0 aliphatic rings. The number of hydrogen-bond acceptors (Lipinski definition) is 7. The maximum Gasteiger partial charge on any atom is 0.141 e. The van der Waals surface area contributed by atoms with Gasteiger partial charge in [-0.1, -0.05) is 23.7 Å². The van der Waals surface area contributed by atoms with E-state index >= 15 is 0 Å². The summed E-state index contributed by atoms with van der Waals surface area (Å²) < 4.78 is 36.2. The molecule has 1 unspecified atom stereocenters. The third-order valence-corrected chi connectivity index (χ3v) is 6.74. The van der Waals surface area contributed by atoms with Crippen LogP contribution in [0.15, 0.2) is 83.5 Å². The number of furan rings is 1. The molecule has 0 radical (unpaired) electrons. The minimum Gasteiger partial charge on any atom is -0.487 e. The molecule has 3 aromatic carbocycles. The van der Waals surface area contributed by atoms with Gasteiger partial charge in [0, 0.05) is 23.2 Å². The average molecular weight is 566 g/mol. The third kappa shape index (κ3) is 6.98. The van der Waals surface area contributed by atoms with Gasteiger partial charge in [-0.15, -0.1) is 0 Å². The Bertz CT molecular complexity index is 1630. The minimum absolute atomic E-state index is 0.197. The highest BCUT2D eigenvalue weighted by Crippen LogP contribution is 2.32. The first-order valence-electron chi connectivity index (χ1n) is 12.1. The Labute approximate surface area is 232 Å². The Balaban J connectivity index is 1.30. The van der Waals surface area contributed by atoms with Crippen molar-refractivity contribution in [1.82, 2.24) is 15.3 Å². The number of hydrogen-bond donors (Lipinski definition) is 3. The van der Waals surface area contributed by atoms with E-state index < -0.39 is 11.0 Å². The van der Waals surface area contributed by atoms with E-state index in [1.807, 2.05) is 36.4 Å². The van der Waals surface area contributed by atoms with Gasteiger partial charge in [-0.05, 0) is 66.2 Å². The molecule has 2 aromatic heterocycles. The molecule has 0 amide bonds. The van der Waals surface area contributed by atoms with Crippen LogP contribution in [0.3, 0.4) is 0 Å². The number of anilines is 2. The number of fused-ring (bicyclic) bond motifs is 1. The van der Waals surface area contributed by atoms with Gasteiger partial charge in [0.15, 0.2) is 0 Å². The van der Waals surface area contributed by atoms with Gasteiger partial charge in [0.1, 0.15) is 41.8 Å². The minimum atomic E-state index is -1.33. The smallest absolute Gasteiger partial charge is 0.141 e. The first kappa shape index (κ1) is 26.8. The lowest BCUT2D eigenvalue weighted by Gasteiger charge is -2.12. The van der Waals surface area contributed by atoms with Gasteiger partial charge < -0.3 is 19.8 Å². The van der Waals surface area contributed by atoms with Crippen molar-refractivity contribution in [1.29, 1.82) is 0 Å². The molecule has 11 heteroatoms. The van der Waals surface area contributed by atoms with Gasteiger partial charge in [0.2, 0.25) is 0 Å². The topological polar surface area (TPSA) is 115 Å². The summed E-state index contributed by atoms with van der Waals surface area (Å²) in [5.41, 5.74) is 3.06. The fourth-order valence-electron chi connectivity index (χ4n) is 3.94. The van der Waals surface area contributed by atoms with Crippen LogP contribution in [0.5, 0.6) is 5.75 Å². The van der Waals surface area contributed by atoms with Crippen molar-refractivity contribution in [2.45, 2.75) is 13.2 Å².